The van der Waals surface area contributed by atoms with Crippen LogP contribution < -0.4 is 11.5 Å². The summed E-state index contributed by atoms with van der Waals surface area (Å²) in [6, 6.07) is 0. The number of nitrogens with two attached hydrogens (primary N) is 2. The van der Waals surface area contributed by atoms with Crippen LogP contribution in [-0.2, 0) is 0 Å². The molecule has 0 aliphatic carbocycles. The Morgan fingerprint density at radius 3 is 1.38 bits per heavy atom. The second-order valence-corrected chi connectivity index (χ2v) is 2.73. The second kappa shape index (κ2) is 4.39. The lowest BCUT2D eigenvalue weighted by Gasteiger charge is -2.02. The molecule has 0 aromatic carbocycles. The first-order valence-corrected chi connectivity index (χ1v) is 3.29. The van der Waals surface area contributed by atoms with Crippen LogP contribution in [0.2, 0.25) is 0 Å². The van der Waals surface area contributed by atoms with E-state index in [0.717, 1.165) is 0 Å². The van der Waals surface area contributed by atoms with Gasteiger partial charge in [-0.2, -0.15) is 0 Å². The van der Waals surface area contributed by atoms with Crippen LogP contribution in [0, 0.1) is 0 Å². The highest BCUT2D eigenvalue weighted by atomic mass is 35.5. The average Bonchev–Trinajstić information content (AvgIpc) is 1.61. The van der Waals surface area contributed by atoms with Crippen molar-refractivity contribution in [1.82, 2.24) is 0 Å². The van der Waals surface area contributed by atoms with Crippen molar-refractivity contribution in [1.29, 1.82) is 0 Å². The molecule has 0 bridgehead atoms. The van der Waals surface area contributed by atoms with Gasteiger partial charge in [0.1, 0.15) is 0 Å². The molecule has 4 heteroatoms. The average molecular weight is 157 g/mol. The molecule has 4 N–H and O–H groups in total. The fourth-order valence-electron chi connectivity index (χ4n) is 0.318. The Morgan fingerprint density at radius 1 is 1.00 bits per heavy atom. The van der Waals surface area contributed by atoms with Crippen molar-refractivity contribution in [3.63, 3.8) is 0 Å². The first-order valence-electron chi connectivity index (χ1n) is 2.42. The van der Waals surface area contributed by atoms with E-state index in [-0.39, 0.29) is 11.0 Å². The van der Waals surface area contributed by atoms with Gasteiger partial charge in [0.2, 0.25) is 0 Å². The molecular formula is C4H10Cl2N2. The number of halogens is 2. The minimum atomic E-state index is -0.306. The molecule has 2 nitrogen and oxygen atoms in total. The molecular weight excluding hydrogens is 147 g/mol. The topological polar surface area (TPSA) is 52.0 Å². The fourth-order valence-corrected chi connectivity index (χ4v) is 0.570. The molecule has 0 aliphatic rings. The summed E-state index contributed by atoms with van der Waals surface area (Å²) in [6.07, 6.45) is 1.35. The van der Waals surface area contributed by atoms with Crippen LogP contribution in [0.25, 0.3) is 0 Å². The molecule has 0 aromatic rings. The van der Waals surface area contributed by atoms with Crippen molar-refractivity contribution in [2.75, 3.05) is 0 Å². The maximum absolute atomic E-state index is 5.39. The van der Waals surface area contributed by atoms with E-state index in [4.69, 9.17) is 34.7 Å². The van der Waals surface area contributed by atoms with Gasteiger partial charge in [0.15, 0.2) is 0 Å². The van der Waals surface area contributed by atoms with Crippen LogP contribution in [0.1, 0.15) is 12.8 Å². The van der Waals surface area contributed by atoms with Gasteiger partial charge in [0.05, 0.1) is 11.0 Å². The lowest BCUT2D eigenvalue weighted by Crippen LogP contribution is -2.18. The molecule has 0 heterocycles. The summed E-state index contributed by atoms with van der Waals surface area (Å²) < 4.78 is 0. The normalized spacial score (nSPS) is 18.0. The Hall–Kier alpha value is 0.500. The number of alkyl halides is 2. The molecule has 0 spiro atoms. The zero-order valence-electron chi connectivity index (χ0n) is 4.48. The molecule has 0 saturated heterocycles. The molecule has 8 heavy (non-hydrogen) atoms. The van der Waals surface area contributed by atoms with E-state index in [0.29, 0.717) is 12.8 Å². The van der Waals surface area contributed by atoms with Crippen molar-refractivity contribution in [3.8, 4) is 0 Å². The number of rotatable bonds is 3. The molecule has 0 aliphatic heterocycles. The van der Waals surface area contributed by atoms with E-state index >= 15 is 0 Å². The molecule has 0 rings (SSSR count). The van der Waals surface area contributed by atoms with Crippen molar-refractivity contribution < 1.29 is 0 Å². The van der Waals surface area contributed by atoms with E-state index < -0.39 is 0 Å². The number of hydrogen-bond donors (Lipinski definition) is 2. The van der Waals surface area contributed by atoms with Gasteiger partial charge in [-0.25, -0.2) is 0 Å². The van der Waals surface area contributed by atoms with Gasteiger partial charge in [0.25, 0.3) is 0 Å². The maximum atomic E-state index is 5.39. The summed E-state index contributed by atoms with van der Waals surface area (Å²) in [5, 5.41) is 0. The van der Waals surface area contributed by atoms with Crippen LogP contribution in [0.3, 0.4) is 0 Å². The fraction of sp³-hybridized carbons (Fsp3) is 1.00. The third kappa shape index (κ3) is 6.50. The smallest absolute Gasteiger partial charge is 0.0801 e. The third-order valence-electron chi connectivity index (χ3n) is 0.718. The summed E-state index contributed by atoms with van der Waals surface area (Å²) >= 11 is 10.8. The molecule has 0 fully saturated rings. The van der Waals surface area contributed by atoms with Gasteiger partial charge >= 0.3 is 0 Å². The Bertz CT molecular complexity index is 48.0. The third-order valence-corrected chi connectivity index (χ3v) is 1.15. The van der Waals surface area contributed by atoms with Crippen LogP contribution in [0.5, 0.6) is 0 Å². The summed E-state index contributed by atoms with van der Waals surface area (Å²) in [5.74, 6) is 0. The highest BCUT2D eigenvalue weighted by molar-refractivity contribution is 6.21. The van der Waals surface area contributed by atoms with Gasteiger partial charge < -0.3 is 11.5 Å². The summed E-state index contributed by atoms with van der Waals surface area (Å²) in [5.41, 5.74) is 9.77. The predicted molar refractivity (Wildman–Crippen MR) is 36.9 cm³/mol. The Morgan fingerprint density at radius 2 is 1.25 bits per heavy atom. The highest BCUT2D eigenvalue weighted by Crippen LogP contribution is 2.02. The van der Waals surface area contributed by atoms with Crippen LogP contribution in [-0.4, -0.2) is 11.0 Å². The molecule has 2 atom stereocenters. The summed E-state index contributed by atoms with van der Waals surface area (Å²) in [6.45, 7) is 0. The molecule has 0 aromatic heterocycles. The Labute approximate surface area is 59.1 Å². The van der Waals surface area contributed by atoms with Crippen LogP contribution in [0.4, 0.5) is 0 Å². The first-order chi connectivity index (χ1) is 3.63. The SMILES string of the molecule is NC(Cl)CCC(N)Cl. The second-order valence-electron chi connectivity index (χ2n) is 1.61. The maximum Gasteiger partial charge on any atom is 0.0801 e. The minimum absolute atomic E-state index is 0.306. The Kier molecular flexibility index (Phi) is 4.66. The van der Waals surface area contributed by atoms with E-state index in [1.165, 1.54) is 0 Å². The quantitative estimate of drug-likeness (QED) is 0.470. The van der Waals surface area contributed by atoms with Crippen molar-refractivity contribution in [3.05, 3.63) is 0 Å². The Balaban J connectivity index is 2.93. The van der Waals surface area contributed by atoms with E-state index in [1.54, 1.807) is 0 Å². The largest absolute Gasteiger partial charge is 0.315 e. The van der Waals surface area contributed by atoms with Gasteiger partial charge in [-0.15, -0.1) is 23.2 Å². The number of hydrogen-bond acceptors (Lipinski definition) is 2. The molecule has 0 amide bonds. The van der Waals surface area contributed by atoms with E-state index in [9.17, 15) is 0 Å². The van der Waals surface area contributed by atoms with Gasteiger partial charge in [0, 0.05) is 0 Å². The van der Waals surface area contributed by atoms with Crippen LogP contribution in [0.15, 0.2) is 0 Å². The monoisotopic (exact) mass is 156 g/mol. The molecule has 0 radical (unpaired) electrons. The van der Waals surface area contributed by atoms with Crippen molar-refractivity contribution in [2.24, 2.45) is 11.5 Å². The van der Waals surface area contributed by atoms with Gasteiger partial charge in [-0.05, 0) is 12.8 Å². The minimum Gasteiger partial charge on any atom is -0.315 e. The van der Waals surface area contributed by atoms with Crippen LogP contribution >= 0.6 is 23.2 Å². The summed E-state index contributed by atoms with van der Waals surface area (Å²) in [4.78, 5) is 0. The zero-order valence-corrected chi connectivity index (χ0v) is 5.99. The molecule has 0 saturated carbocycles. The van der Waals surface area contributed by atoms with Gasteiger partial charge in [-0.1, -0.05) is 0 Å². The molecule has 50 valence electrons. The standard InChI is InChI=1S/C4H10Cl2N2/c5-3(7)1-2-4(6)8/h3-4H,1-2,7-8H2. The lowest BCUT2D eigenvalue weighted by molar-refractivity contribution is 0.685. The van der Waals surface area contributed by atoms with E-state index in [2.05, 4.69) is 0 Å². The predicted octanol–water partition coefficient (Wildman–Crippen LogP) is 0.814. The highest BCUT2D eigenvalue weighted by Gasteiger charge is 1.99. The van der Waals surface area contributed by atoms with Gasteiger partial charge in [-0.3, -0.25) is 0 Å². The lowest BCUT2D eigenvalue weighted by atomic mass is 10.3. The first kappa shape index (κ1) is 8.50. The zero-order chi connectivity index (χ0) is 6.57. The van der Waals surface area contributed by atoms with Crippen molar-refractivity contribution >= 4 is 23.2 Å². The van der Waals surface area contributed by atoms with E-state index in [1.807, 2.05) is 0 Å². The van der Waals surface area contributed by atoms with Crippen molar-refractivity contribution in [2.45, 2.75) is 23.8 Å². The summed E-state index contributed by atoms with van der Waals surface area (Å²) in [7, 11) is 0. The molecule has 2 unspecified atom stereocenters.